The molecule has 0 aliphatic rings. The first-order valence-electron chi connectivity index (χ1n) is 7.19. The van der Waals surface area contributed by atoms with E-state index in [1.165, 1.54) is 5.56 Å². The molecule has 0 unspecified atom stereocenters. The molecule has 0 atom stereocenters. The number of hydrogen-bond donors (Lipinski definition) is 0. The van der Waals surface area contributed by atoms with Gasteiger partial charge >= 0.3 is 0 Å². The standard InChI is InChI=1S/C17H22ClN3/c1-6-12-7-9-13(10-8-12)21(5)15-11-14(18)19-16(20-15)17(2,3)4/h7-11H,6H2,1-5H3. The van der Waals surface area contributed by atoms with Gasteiger partial charge in [-0.3, -0.25) is 0 Å². The summed E-state index contributed by atoms with van der Waals surface area (Å²) in [6, 6.07) is 10.3. The van der Waals surface area contributed by atoms with Gasteiger partial charge in [0.1, 0.15) is 16.8 Å². The van der Waals surface area contributed by atoms with Gasteiger partial charge in [0.2, 0.25) is 0 Å². The molecule has 0 aliphatic heterocycles. The second-order valence-corrected chi connectivity index (χ2v) is 6.59. The first-order chi connectivity index (χ1) is 9.81. The average molecular weight is 304 g/mol. The maximum Gasteiger partial charge on any atom is 0.137 e. The van der Waals surface area contributed by atoms with Crippen LogP contribution in [-0.4, -0.2) is 17.0 Å². The second kappa shape index (κ2) is 6.02. The van der Waals surface area contributed by atoms with Crippen molar-refractivity contribution in [1.82, 2.24) is 9.97 Å². The largest absolute Gasteiger partial charge is 0.329 e. The van der Waals surface area contributed by atoms with Crippen molar-refractivity contribution < 1.29 is 0 Å². The summed E-state index contributed by atoms with van der Waals surface area (Å²) in [5, 5.41) is 0.474. The molecule has 0 bridgehead atoms. The molecule has 0 saturated carbocycles. The van der Waals surface area contributed by atoms with E-state index in [4.69, 9.17) is 11.6 Å². The van der Waals surface area contributed by atoms with E-state index in [0.717, 1.165) is 23.8 Å². The smallest absolute Gasteiger partial charge is 0.137 e. The lowest BCUT2D eigenvalue weighted by Gasteiger charge is -2.22. The van der Waals surface area contributed by atoms with Crippen LogP contribution >= 0.6 is 11.6 Å². The number of aromatic nitrogens is 2. The minimum absolute atomic E-state index is 0.132. The highest BCUT2D eigenvalue weighted by Gasteiger charge is 2.20. The summed E-state index contributed by atoms with van der Waals surface area (Å²) in [4.78, 5) is 11.0. The molecule has 0 amide bonds. The number of nitrogens with zero attached hydrogens (tertiary/aromatic N) is 3. The molecule has 2 rings (SSSR count). The van der Waals surface area contributed by atoms with E-state index in [1.54, 1.807) is 6.07 Å². The number of benzene rings is 1. The Morgan fingerprint density at radius 2 is 1.71 bits per heavy atom. The second-order valence-electron chi connectivity index (χ2n) is 6.20. The maximum atomic E-state index is 6.16. The Kier molecular flexibility index (Phi) is 4.52. The lowest BCUT2D eigenvalue weighted by molar-refractivity contribution is 0.545. The third-order valence-electron chi connectivity index (χ3n) is 3.43. The summed E-state index contributed by atoms with van der Waals surface area (Å²) in [5.41, 5.74) is 2.28. The molecule has 0 spiro atoms. The fourth-order valence-corrected chi connectivity index (χ4v) is 2.18. The Morgan fingerprint density at radius 3 is 2.24 bits per heavy atom. The molecule has 1 aromatic carbocycles. The van der Waals surface area contributed by atoms with Gasteiger partial charge in [0.25, 0.3) is 0 Å². The van der Waals surface area contributed by atoms with Gasteiger partial charge < -0.3 is 4.90 Å². The minimum atomic E-state index is -0.132. The van der Waals surface area contributed by atoms with E-state index in [1.807, 2.05) is 11.9 Å². The summed E-state index contributed by atoms with van der Waals surface area (Å²) >= 11 is 6.16. The van der Waals surface area contributed by atoms with E-state index in [-0.39, 0.29) is 5.41 Å². The van der Waals surface area contributed by atoms with E-state index < -0.39 is 0 Å². The molecule has 1 heterocycles. The molecule has 2 aromatic rings. The summed E-state index contributed by atoms with van der Waals surface area (Å²) < 4.78 is 0. The van der Waals surface area contributed by atoms with Gasteiger partial charge in [0.05, 0.1) is 0 Å². The fourth-order valence-electron chi connectivity index (χ4n) is 2.00. The van der Waals surface area contributed by atoms with Crippen LogP contribution in [0.2, 0.25) is 5.15 Å². The summed E-state index contributed by atoms with van der Waals surface area (Å²) in [6.45, 7) is 8.40. The zero-order valence-electron chi connectivity index (χ0n) is 13.3. The van der Waals surface area contributed by atoms with Gasteiger partial charge in [-0.2, -0.15) is 0 Å². The van der Waals surface area contributed by atoms with Crippen LogP contribution in [0.4, 0.5) is 11.5 Å². The number of anilines is 2. The normalized spacial score (nSPS) is 11.5. The first kappa shape index (κ1) is 15.8. The van der Waals surface area contributed by atoms with E-state index in [2.05, 4.69) is 61.9 Å². The van der Waals surface area contributed by atoms with Crippen LogP contribution in [0.5, 0.6) is 0 Å². The molecule has 112 valence electrons. The monoisotopic (exact) mass is 303 g/mol. The Labute approximate surface area is 132 Å². The number of aryl methyl sites for hydroxylation is 1. The lowest BCUT2D eigenvalue weighted by Crippen LogP contribution is -2.19. The third-order valence-corrected chi connectivity index (χ3v) is 3.62. The van der Waals surface area contributed by atoms with Gasteiger partial charge in [0, 0.05) is 24.2 Å². The van der Waals surface area contributed by atoms with Crippen molar-refractivity contribution in [2.75, 3.05) is 11.9 Å². The predicted octanol–water partition coefficient (Wildman–Crippen LogP) is 4.76. The molecule has 0 N–H and O–H groups in total. The van der Waals surface area contributed by atoms with Crippen LogP contribution in [0.1, 0.15) is 39.1 Å². The third kappa shape index (κ3) is 3.73. The molecule has 0 fully saturated rings. The molecule has 21 heavy (non-hydrogen) atoms. The molecule has 1 aromatic heterocycles. The van der Waals surface area contributed by atoms with E-state index in [9.17, 15) is 0 Å². The van der Waals surface area contributed by atoms with Crippen LogP contribution in [-0.2, 0) is 11.8 Å². The molecule has 0 radical (unpaired) electrons. The fraction of sp³-hybridized carbons (Fsp3) is 0.412. The van der Waals surface area contributed by atoms with Gasteiger partial charge in [-0.25, -0.2) is 9.97 Å². The quantitative estimate of drug-likeness (QED) is 0.766. The molecule has 3 nitrogen and oxygen atoms in total. The van der Waals surface area contributed by atoms with Crippen molar-refractivity contribution in [3.8, 4) is 0 Å². The van der Waals surface area contributed by atoms with Crippen LogP contribution < -0.4 is 4.90 Å². The minimum Gasteiger partial charge on any atom is -0.329 e. The van der Waals surface area contributed by atoms with Crippen LogP contribution in [0.25, 0.3) is 0 Å². The summed E-state index contributed by atoms with van der Waals surface area (Å²) in [7, 11) is 1.99. The van der Waals surface area contributed by atoms with Crippen molar-refractivity contribution in [3.63, 3.8) is 0 Å². The Hall–Kier alpha value is -1.61. The molecular formula is C17H22ClN3. The molecular weight excluding hydrogens is 282 g/mol. The number of hydrogen-bond acceptors (Lipinski definition) is 3. The van der Waals surface area contributed by atoms with Crippen molar-refractivity contribution in [3.05, 3.63) is 46.9 Å². The highest BCUT2D eigenvalue weighted by Crippen LogP contribution is 2.27. The Morgan fingerprint density at radius 1 is 1.10 bits per heavy atom. The van der Waals surface area contributed by atoms with Crippen LogP contribution in [0.15, 0.2) is 30.3 Å². The predicted molar refractivity (Wildman–Crippen MR) is 89.6 cm³/mol. The molecule has 0 aliphatic carbocycles. The van der Waals surface area contributed by atoms with Gasteiger partial charge in [0.15, 0.2) is 0 Å². The SMILES string of the molecule is CCc1ccc(N(C)c2cc(Cl)nc(C(C)(C)C)n2)cc1. The van der Waals surface area contributed by atoms with Crippen molar-refractivity contribution in [2.45, 2.75) is 39.5 Å². The maximum absolute atomic E-state index is 6.16. The Balaban J connectivity index is 2.38. The van der Waals surface area contributed by atoms with E-state index >= 15 is 0 Å². The summed E-state index contributed by atoms with van der Waals surface area (Å²) in [5.74, 6) is 1.56. The zero-order valence-corrected chi connectivity index (χ0v) is 14.1. The highest BCUT2D eigenvalue weighted by molar-refractivity contribution is 6.29. The van der Waals surface area contributed by atoms with Gasteiger partial charge in [-0.1, -0.05) is 51.4 Å². The average Bonchev–Trinajstić information content (AvgIpc) is 2.45. The van der Waals surface area contributed by atoms with Crippen molar-refractivity contribution in [2.24, 2.45) is 0 Å². The van der Waals surface area contributed by atoms with Gasteiger partial charge in [-0.15, -0.1) is 0 Å². The number of halogens is 1. The topological polar surface area (TPSA) is 29.0 Å². The van der Waals surface area contributed by atoms with Crippen molar-refractivity contribution >= 4 is 23.1 Å². The molecule has 0 saturated heterocycles. The van der Waals surface area contributed by atoms with Crippen LogP contribution in [0, 0.1) is 0 Å². The van der Waals surface area contributed by atoms with Gasteiger partial charge in [-0.05, 0) is 24.1 Å². The first-order valence-corrected chi connectivity index (χ1v) is 7.57. The van der Waals surface area contributed by atoms with Crippen LogP contribution in [0.3, 0.4) is 0 Å². The zero-order chi connectivity index (χ0) is 15.6. The molecule has 4 heteroatoms. The van der Waals surface area contributed by atoms with Crippen molar-refractivity contribution in [1.29, 1.82) is 0 Å². The lowest BCUT2D eigenvalue weighted by atomic mass is 9.96. The Bertz CT molecular complexity index is 615. The highest BCUT2D eigenvalue weighted by atomic mass is 35.5. The number of rotatable bonds is 3. The summed E-state index contributed by atoms with van der Waals surface area (Å²) in [6.07, 6.45) is 1.04. The van der Waals surface area contributed by atoms with E-state index in [0.29, 0.717) is 5.15 Å².